The molecule has 1 unspecified atom stereocenters. The van der Waals surface area contributed by atoms with Gasteiger partial charge >= 0.3 is 0 Å². The molecule has 34 heavy (non-hydrogen) atoms. The molecule has 1 atom stereocenters. The van der Waals surface area contributed by atoms with E-state index in [2.05, 4.69) is 15.2 Å². The molecule has 2 aliphatic rings. The molecule has 0 saturated carbocycles. The van der Waals surface area contributed by atoms with Crippen LogP contribution in [0.4, 0.5) is 8.78 Å². The van der Waals surface area contributed by atoms with Crippen LogP contribution in [0.5, 0.6) is 5.75 Å². The van der Waals surface area contributed by atoms with Gasteiger partial charge in [-0.2, -0.15) is 0 Å². The summed E-state index contributed by atoms with van der Waals surface area (Å²) in [6.07, 6.45) is 5.32. The van der Waals surface area contributed by atoms with Crippen LogP contribution >= 0.6 is 11.6 Å². The second-order valence-corrected chi connectivity index (χ2v) is 8.48. The lowest BCUT2D eigenvalue weighted by molar-refractivity contribution is 0.413. The van der Waals surface area contributed by atoms with Crippen LogP contribution < -0.4 is 4.74 Å². The van der Waals surface area contributed by atoms with Crippen LogP contribution in [0.15, 0.2) is 61.2 Å². The number of aromatic nitrogens is 5. The fourth-order valence-electron chi connectivity index (χ4n) is 4.08. The third kappa shape index (κ3) is 3.90. The van der Waals surface area contributed by atoms with E-state index in [1.165, 1.54) is 12.1 Å². The summed E-state index contributed by atoms with van der Waals surface area (Å²) in [5.74, 6) is -0.0973. The maximum absolute atomic E-state index is 13.8. The third-order valence-electron chi connectivity index (χ3n) is 5.76. The van der Waals surface area contributed by atoms with E-state index in [1.807, 2.05) is 42.8 Å². The van der Waals surface area contributed by atoms with Gasteiger partial charge in [-0.05, 0) is 49.7 Å². The van der Waals surface area contributed by atoms with Crippen molar-refractivity contribution < 1.29 is 13.5 Å². The van der Waals surface area contributed by atoms with Gasteiger partial charge in [-0.25, -0.2) is 13.8 Å². The highest BCUT2D eigenvalue weighted by Gasteiger charge is 2.23. The summed E-state index contributed by atoms with van der Waals surface area (Å²) in [5.41, 5.74) is 4.31. The molecule has 172 valence electrons. The Balaban J connectivity index is 1.58. The Bertz CT molecular complexity index is 1460. The van der Waals surface area contributed by atoms with Gasteiger partial charge in [-0.3, -0.25) is 0 Å². The van der Waals surface area contributed by atoms with Crippen LogP contribution in [0.1, 0.15) is 24.2 Å². The number of pyridine rings is 1. The minimum atomic E-state index is -0.643. The largest absolute Gasteiger partial charge is 0.495 e. The molecule has 5 rings (SSSR count). The molecule has 0 amide bonds. The minimum Gasteiger partial charge on any atom is -0.495 e. The van der Waals surface area contributed by atoms with Gasteiger partial charge in [-0.15, -0.1) is 10.2 Å². The smallest absolute Gasteiger partial charge is 0.165 e. The third-order valence-corrected chi connectivity index (χ3v) is 5.96. The molecule has 9 heteroatoms. The fraction of sp³-hybridized carbons (Fsp3) is 0.160. The lowest BCUT2D eigenvalue weighted by atomic mass is 10.0. The highest BCUT2D eigenvalue weighted by molar-refractivity contribution is 6.30. The molecule has 1 aromatic heterocycles. The van der Waals surface area contributed by atoms with Gasteiger partial charge in [0.05, 0.1) is 35.9 Å². The minimum absolute atomic E-state index is 0.433. The molecule has 0 bridgehead atoms. The number of benzene rings is 2. The summed E-state index contributed by atoms with van der Waals surface area (Å²) in [6, 6.07) is 10.5. The summed E-state index contributed by atoms with van der Waals surface area (Å²) in [4.78, 5) is 4.27. The van der Waals surface area contributed by atoms with E-state index in [4.69, 9.17) is 16.3 Å². The number of nitrogens with zero attached hydrogens (tertiary/aromatic N) is 5. The van der Waals surface area contributed by atoms with Gasteiger partial charge in [0.25, 0.3) is 0 Å². The lowest BCUT2D eigenvalue weighted by Gasteiger charge is -2.20. The van der Waals surface area contributed by atoms with Crippen LogP contribution in [0, 0.1) is 18.6 Å². The average molecular weight is 480 g/mol. The van der Waals surface area contributed by atoms with Crippen molar-refractivity contribution in [2.24, 2.45) is 0 Å². The summed E-state index contributed by atoms with van der Waals surface area (Å²) in [6.45, 7) is 3.74. The van der Waals surface area contributed by atoms with E-state index < -0.39 is 17.7 Å². The Kier molecular flexibility index (Phi) is 5.53. The van der Waals surface area contributed by atoms with Crippen molar-refractivity contribution in [1.29, 1.82) is 0 Å². The highest BCUT2D eigenvalue weighted by Crippen LogP contribution is 2.38. The summed E-state index contributed by atoms with van der Waals surface area (Å²) in [5, 5.41) is 9.23. The van der Waals surface area contributed by atoms with Gasteiger partial charge in [0.2, 0.25) is 0 Å². The summed E-state index contributed by atoms with van der Waals surface area (Å²) >= 11 is 6.44. The van der Waals surface area contributed by atoms with E-state index in [9.17, 15) is 8.78 Å². The van der Waals surface area contributed by atoms with Crippen molar-refractivity contribution in [2.75, 3.05) is 7.11 Å². The zero-order valence-corrected chi connectivity index (χ0v) is 19.4. The first-order valence-corrected chi connectivity index (χ1v) is 10.9. The van der Waals surface area contributed by atoms with Crippen molar-refractivity contribution in [3.05, 3.63) is 89.1 Å². The zero-order valence-electron chi connectivity index (χ0n) is 18.6. The number of fused-ring (bicyclic) bond motifs is 1. The predicted octanol–water partition coefficient (Wildman–Crippen LogP) is 6.09. The highest BCUT2D eigenvalue weighted by atomic mass is 35.5. The van der Waals surface area contributed by atoms with E-state index >= 15 is 0 Å². The molecule has 0 fully saturated rings. The number of hydrogen-bond acceptors (Lipinski definition) is 4. The first kappa shape index (κ1) is 22.0. The second-order valence-electron chi connectivity index (χ2n) is 8.04. The molecule has 6 nitrogen and oxygen atoms in total. The SMILES string of the molecule is COc1cc(-c2nnc3n(C(C)c4cc(F)cc(F)c4)cc(Cl)cc2-3)ccc1-n1cnc(C)c1. The number of halogens is 3. The monoisotopic (exact) mass is 479 g/mol. The first-order chi connectivity index (χ1) is 16.3. The van der Waals surface area contributed by atoms with Crippen molar-refractivity contribution in [2.45, 2.75) is 19.9 Å². The van der Waals surface area contributed by atoms with Crippen LogP contribution in [0.2, 0.25) is 5.02 Å². The molecule has 2 aliphatic heterocycles. The second kappa shape index (κ2) is 8.53. The maximum atomic E-state index is 13.8. The Morgan fingerprint density at radius 1 is 1.00 bits per heavy atom. The van der Waals surface area contributed by atoms with Gasteiger partial charge in [-0.1, -0.05) is 17.7 Å². The number of rotatable bonds is 5. The summed E-state index contributed by atoms with van der Waals surface area (Å²) in [7, 11) is 1.60. The normalized spacial score (nSPS) is 12.3. The van der Waals surface area contributed by atoms with E-state index in [1.54, 1.807) is 30.3 Å². The van der Waals surface area contributed by atoms with Gasteiger partial charge in [0.1, 0.15) is 23.1 Å². The zero-order chi connectivity index (χ0) is 24.0. The predicted molar refractivity (Wildman–Crippen MR) is 126 cm³/mol. The number of ether oxygens (including phenoxy) is 1. The Labute approximate surface area is 199 Å². The van der Waals surface area contributed by atoms with E-state index in [-0.39, 0.29) is 0 Å². The topological polar surface area (TPSA) is 57.8 Å². The van der Waals surface area contributed by atoms with Crippen molar-refractivity contribution in [3.8, 4) is 34.1 Å². The first-order valence-electron chi connectivity index (χ1n) is 10.5. The van der Waals surface area contributed by atoms with Crippen LogP contribution in [-0.2, 0) is 0 Å². The van der Waals surface area contributed by atoms with Crippen LogP contribution in [0.3, 0.4) is 0 Å². The van der Waals surface area contributed by atoms with Crippen LogP contribution in [-0.4, -0.2) is 31.4 Å². The number of imidazole rings is 1. The standard InChI is InChI=1S/C25H20ClF2N5O/c1-14-11-32(13-29-14)22-5-4-16(8-23(22)34-3)24-21-9-18(26)12-33(25(21)31-30-24)15(2)17-6-19(27)10-20(28)7-17/h4-13,15H,1-3H3. The number of methoxy groups -OCH3 is 1. The molecule has 0 saturated heterocycles. The van der Waals surface area contributed by atoms with E-state index in [0.29, 0.717) is 33.4 Å². The Morgan fingerprint density at radius 3 is 2.44 bits per heavy atom. The fourth-order valence-corrected chi connectivity index (χ4v) is 4.29. The molecular formula is C25H20ClF2N5O. The average Bonchev–Trinajstić information content (AvgIpc) is 3.43. The Morgan fingerprint density at radius 2 is 1.76 bits per heavy atom. The van der Waals surface area contributed by atoms with Gasteiger partial charge in [0.15, 0.2) is 5.82 Å². The van der Waals surface area contributed by atoms with Crippen molar-refractivity contribution in [1.82, 2.24) is 24.3 Å². The van der Waals surface area contributed by atoms with E-state index in [0.717, 1.165) is 23.0 Å². The molecule has 0 radical (unpaired) electrons. The van der Waals surface area contributed by atoms with Crippen molar-refractivity contribution >= 4 is 11.6 Å². The molecule has 0 aliphatic carbocycles. The molecular weight excluding hydrogens is 460 g/mol. The van der Waals surface area contributed by atoms with Gasteiger partial charge in [0, 0.05) is 29.6 Å². The molecule has 3 heterocycles. The molecule has 2 aromatic carbocycles. The van der Waals surface area contributed by atoms with Crippen LogP contribution in [0.25, 0.3) is 28.3 Å². The number of aryl methyl sites for hydroxylation is 1. The van der Waals surface area contributed by atoms with Crippen molar-refractivity contribution in [3.63, 3.8) is 0 Å². The Hall–Kier alpha value is -3.78. The molecule has 0 N–H and O–H groups in total. The van der Waals surface area contributed by atoms with Gasteiger partial charge < -0.3 is 13.9 Å². The maximum Gasteiger partial charge on any atom is 0.165 e. The quantitative estimate of drug-likeness (QED) is 0.306. The molecule has 3 aromatic rings. The molecule has 0 spiro atoms. The lowest BCUT2D eigenvalue weighted by Crippen LogP contribution is -2.11. The summed E-state index contributed by atoms with van der Waals surface area (Å²) < 4.78 is 36.9. The number of hydrogen-bond donors (Lipinski definition) is 0.